The molecule has 0 spiro atoms. The third kappa shape index (κ3) is 3.59. The lowest BCUT2D eigenvalue weighted by Crippen LogP contribution is -2.19. The first-order valence-electron chi connectivity index (χ1n) is 4.62. The Hall–Kier alpha value is -0.380. The summed E-state index contributed by atoms with van der Waals surface area (Å²) in [5.74, 6) is 0.669. The van der Waals surface area contributed by atoms with Crippen molar-refractivity contribution in [1.29, 1.82) is 0 Å². The third-order valence-electron chi connectivity index (χ3n) is 1.90. The van der Waals surface area contributed by atoms with Crippen molar-refractivity contribution in [2.45, 2.75) is 23.5 Å². The Morgan fingerprint density at radius 3 is 2.60 bits per heavy atom. The molecule has 0 heterocycles. The van der Waals surface area contributed by atoms with Crippen molar-refractivity contribution >= 4 is 23.4 Å². The average molecular weight is 247 g/mol. The molecule has 0 bridgehead atoms. The predicted molar refractivity (Wildman–Crippen MR) is 65.0 cm³/mol. The first kappa shape index (κ1) is 12.7. The third-order valence-corrected chi connectivity index (χ3v) is 3.36. The van der Waals surface area contributed by atoms with Crippen LogP contribution in [0.25, 0.3) is 0 Å². The monoisotopic (exact) mass is 246 g/mol. The Bertz CT molecular complexity index is 339. The summed E-state index contributed by atoms with van der Waals surface area (Å²) in [5.41, 5.74) is 0. The van der Waals surface area contributed by atoms with Gasteiger partial charge in [0.2, 0.25) is 0 Å². The molecule has 0 saturated carbocycles. The lowest BCUT2D eigenvalue weighted by Gasteiger charge is -2.21. The molecule has 0 aromatic heterocycles. The summed E-state index contributed by atoms with van der Waals surface area (Å²) in [6, 6.07) is 5.62. The van der Waals surface area contributed by atoms with Gasteiger partial charge in [-0.25, -0.2) is 0 Å². The van der Waals surface area contributed by atoms with E-state index in [0.717, 1.165) is 4.90 Å². The van der Waals surface area contributed by atoms with E-state index in [1.165, 1.54) is 0 Å². The summed E-state index contributed by atoms with van der Waals surface area (Å²) in [6.45, 7) is 4.09. The van der Waals surface area contributed by atoms with Crippen molar-refractivity contribution in [3.63, 3.8) is 0 Å². The van der Waals surface area contributed by atoms with E-state index >= 15 is 0 Å². The van der Waals surface area contributed by atoms with E-state index in [4.69, 9.17) is 21.4 Å². The summed E-state index contributed by atoms with van der Waals surface area (Å²) in [4.78, 5) is 1.03. The summed E-state index contributed by atoms with van der Waals surface area (Å²) < 4.78 is 4.87. The Labute approximate surface area is 99.6 Å². The second-order valence-corrected chi connectivity index (χ2v) is 6.00. The van der Waals surface area contributed by atoms with Gasteiger partial charge in [-0.3, -0.25) is 0 Å². The zero-order valence-electron chi connectivity index (χ0n) is 9.08. The van der Waals surface area contributed by atoms with Gasteiger partial charge in [0.05, 0.1) is 18.7 Å². The molecular weight excluding hydrogens is 232 g/mol. The molecule has 0 atom stereocenters. The summed E-state index contributed by atoms with van der Waals surface area (Å²) in [7, 11) is 1.59. The van der Waals surface area contributed by atoms with Crippen molar-refractivity contribution < 1.29 is 9.84 Å². The van der Waals surface area contributed by atoms with Gasteiger partial charge in [-0.05, 0) is 32.0 Å². The number of hydrogen-bond donors (Lipinski definition) is 1. The van der Waals surface area contributed by atoms with Crippen LogP contribution in [0.15, 0.2) is 23.1 Å². The molecule has 4 heteroatoms. The quantitative estimate of drug-likeness (QED) is 0.828. The zero-order valence-corrected chi connectivity index (χ0v) is 10.7. The molecule has 0 amide bonds. The number of halogens is 1. The maximum absolute atomic E-state index is 9.15. The van der Waals surface area contributed by atoms with E-state index < -0.39 is 0 Å². The normalized spacial score (nSPS) is 11.5. The minimum absolute atomic E-state index is 0.126. The molecule has 0 saturated heterocycles. The van der Waals surface area contributed by atoms with Crippen LogP contribution in [0.1, 0.15) is 13.8 Å². The van der Waals surface area contributed by atoms with Gasteiger partial charge in [0.15, 0.2) is 0 Å². The Morgan fingerprint density at radius 1 is 1.47 bits per heavy atom. The lowest BCUT2D eigenvalue weighted by atomic mass is 10.2. The largest absolute Gasteiger partial charge is 0.495 e. The maximum Gasteiger partial charge on any atom is 0.137 e. The number of rotatable bonds is 4. The Balaban J connectivity index is 2.84. The van der Waals surface area contributed by atoms with Crippen molar-refractivity contribution in [1.82, 2.24) is 0 Å². The minimum atomic E-state index is -0.197. The molecule has 2 nitrogen and oxygen atoms in total. The number of aliphatic hydroxyl groups is 1. The van der Waals surface area contributed by atoms with E-state index in [9.17, 15) is 0 Å². The molecule has 0 aliphatic carbocycles. The van der Waals surface area contributed by atoms with Gasteiger partial charge in [0.25, 0.3) is 0 Å². The van der Waals surface area contributed by atoms with Crippen LogP contribution in [-0.2, 0) is 0 Å². The maximum atomic E-state index is 9.15. The second kappa shape index (κ2) is 5.10. The predicted octanol–water partition coefficient (Wildman–Crippen LogP) is 3.21. The average Bonchev–Trinajstić information content (AvgIpc) is 2.17. The molecule has 1 rings (SSSR count). The SMILES string of the molecule is COc1ccc(SC(C)(C)CO)cc1Cl. The van der Waals surface area contributed by atoms with Crippen molar-refractivity contribution in [3.05, 3.63) is 23.2 Å². The van der Waals surface area contributed by atoms with E-state index in [2.05, 4.69) is 0 Å². The molecule has 0 aliphatic heterocycles. The number of hydrogen-bond acceptors (Lipinski definition) is 3. The first-order valence-corrected chi connectivity index (χ1v) is 5.81. The number of ether oxygens (including phenoxy) is 1. The van der Waals surface area contributed by atoms with Crippen LogP contribution in [0.4, 0.5) is 0 Å². The van der Waals surface area contributed by atoms with Crippen LogP contribution in [0, 0.1) is 0 Å². The molecule has 84 valence electrons. The zero-order chi connectivity index (χ0) is 11.5. The van der Waals surface area contributed by atoms with Gasteiger partial charge in [0.1, 0.15) is 5.75 Å². The summed E-state index contributed by atoms with van der Waals surface area (Å²) in [5, 5.41) is 9.74. The van der Waals surface area contributed by atoms with Gasteiger partial charge >= 0.3 is 0 Å². The van der Waals surface area contributed by atoms with E-state index in [1.54, 1.807) is 18.9 Å². The van der Waals surface area contributed by atoms with Gasteiger partial charge in [-0.15, -0.1) is 11.8 Å². The van der Waals surface area contributed by atoms with Crippen molar-refractivity contribution in [2.75, 3.05) is 13.7 Å². The van der Waals surface area contributed by atoms with Gasteiger partial charge in [0, 0.05) is 9.64 Å². The van der Waals surface area contributed by atoms with Gasteiger partial charge in [-0.2, -0.15) is 0 Å². The fourth-order valence-electron chi connectivity index (χ4n) is 1.06. The summed E-state index contributed by atoms with van der Waals surface area (Å²) in [6.07, 6.45) is 0. The molecule has 0 unspecified atom stereocenters. The highest BCUT2D eigenvalue weighted by Crippen LogP contribution is 2.36. The van der Waals surface area contributed by atoms with Crippen LogP contribution in [0.5, 0.6) is 5.75 Å². The number of methoxy groups -OCH3 is 1. The standard InChI is InChI=1S/C11H15ClO2S/c1-11(2,7-13)15-8-4-5-10(14-3)9(12)6-8/h4-6,13H,7H2,1-3H3. The molecule has 0 aliphatic rings. The molecule has 15 heavy (non-hydrogen) atoms. The smallest absolute Gasteiger partial charge is 0.137 e. The van der Waals surface area contributed by atoms with E-state index in [0.29, 0.717) is 10.8 Å². The fraction of sp³-hybridized carbons (Fsp3) is 0.455. The van der Waals surface area contributed by atoms with E-state index in [-0.39, 0.29) is 11.4 Å². The highest BCUT2D eigenvalue weighted by Gasteiger charge is 2.18. The molecule has 1 aromatic rings. The van der Waals surface area contributed by atoms with Crippen LogP contribution in [-0.4, -0.2) is 23.6 Å². The van der Waals surface area contributed by atoms with Gasteiger partial charge < -0.3 is 9.84 Å². The van der Waals surface area contributed by atoms with Gasteiger partial charge in [-0.1, -0.05) is 11.6 Å². The highest BCUT2D eigenvalue weighted by atomic mass is 35.5. The summed E-state index contributed by atoms with van der Waals surface area (Å²) >= 11 is 7.59. The number of thioether (sulfide) groups is 1. The topological polar surface area (TPSA) is 29.5 Å². The minimum Gasteiger partial charge on any atom is -0.495 e. The second-order valence-electron chi connectivity index (χ2n) is 3.82. The number of benzene rings is 1. The highest BCUT2D eigenvalue weighted by molar-refractivity contribution is 8.00. The van der Waals surface area contributed by atoms with E-state index in [1.807, 2.05) is 32.0 Å². The lowest BCUT2D eigenvalue weighted by molar-refractivity contribution is 0.265. The Kier molecular flexibility index (Phi) is 4.32. The number of aliphatic hydroxyl groups excluding tert-OH is 1. The van der Waals surface area contributed by atoms with Crippen molar-refractivity contribution in [2.24, 2.45) is 0 Å². The van der Waals surface area contributed by atoms with Crippen LogP contribution in [0.3, 0.4) is 0 Å². The molecule has 0 radical (unpaired) electrons. The molecule has 1 N–H and O–H groups in total. The van der Waals surface area contributed by atoms with Crippen LogP contribution in [0.2, 0.25) is 5.02 Å². The van der Waals surface area contributed by atoms with Crippen LogP contribution < -0.4 is 4.74 Å². The fourth-order valence-corrected chi connectivity index (χ4v) is 2.40. The molecular formula is C11H15ClO2S. The van der Waals surface area contributed by atoms with Crippen LogP contribution >= 0.6 is 23.4 Å². The van der Waals surface area contributed by atoms with Crippen molar-refractivity contribution in [3.8, 4) is 5.75 Å². The molecule has 1 aromatic carbocycles. The Morgan fingerprint density at radius 2 is 2.13 bits per heavy atom. The molecule has 0 fully saturated rings. The first-order chi connectivity index (χ1) is 6.98.